The largest absolute Gasteiger partial charge is 0.481 e. The van der Waals surface area contributed by atoms with Crippen LogP contribution in [0, 0.1) is 5.41 Å². The van der Waals surface area contributed by atoms with Crippen LogP contribution in [0.1, 0.15) is 43.7 Å². The summed E-state index contributed by atoms with van der Waals surface area (Å²) in [6.45, 7) is 4.25. The van der Waals surface area contributed by atoms with Gasteiger partial charge in [0.15, 0.2) is 0 Å². The SMILES string of the molecule is CC(C)(CC(=O)O)CC(=O)NCC1Cc2ccccc21. The summed E-state index contributed by atoms with van der Waals surface area (Å²) in [6, 6.07) is 8.26. The molecule has 1 unspecified atom stereocenters. The molecule has 1 aliphatic carbocycles. The Morgan fingerprint density at radius 2 is 2.00 bits per heavy atom. The molecular weight excluding hydrogens is 254 g/mol. The minimum atomic E-state index is -0.865. The summed E-state index contributed by atoms with van der Waals surface area (Å²) < 4.78 is 0. The number of hydrogen-bond acceptors (Lipinski definition) is 2. The van der Waals surface area contributed by atoms with Gasteiger partial charge in [-0.3, -0.25) is 9.59 Å². The zero-order chi connectivity index (χ0) is 14.8. The van der Waals surface area contributed by atoms with Crippen LogP contribution in [-0.2, 0) is 16.0 Å². The number of amides is 1. The fourth-order valence-corrected chi connectivity index (χ4v) is 2.75. The average Bonchev–Trinajstić information content (AvgIpc) is 2.27. The maximum absolute atomic E-state index is 11.9. The van der Waals surface area contributed by atoms with E-state index in [9.17, 15) is 9.59 Å². The highest BCUT2D eigenvalue weighted by molar-refractivity contribution is 5.78. The van der Waals surface area contributed by atoms with Crippen LogP contribution in [0.4, 0.5) is 0 Å². The Bertz CT molecular complexity index is 522. The lowest BCUT2D eigenvalue weighted by molar-refractivity contribution is -0.139. The quantitative estimate of drug-likeness (QED) is 0.837. The Kier molecular flexibility index (Phi) is 4.12. The van der Waals surface area contributed by atoms with E-state index in [4.69, 9.17) is 5.11 Å². The van der Waals surface area contributed by atoms with Crippen LogP contribution in [0.2, 0.25) is 0 Å². The number of aliphatic carboxylic acids is 1. The molecule has 108 valence electrons. The fourth-order valence-electron chi connectivity index (χ4n) is 2.75. The highest BCUT2D eigenvalue weighted by Crippen LogP contribution is 2.34. The third kappa shape index (κ3) is 3.59. The molecule has 0 heterocycles. The lowest BCUT2D eigenvalue weighted by atomic mass is 9.77. The van der Waals surface area contributed by atoms with Crippen LogP contribution in [0.3, 0.4) is 0 Å². The Morgan fingerprint density at radius 3 is 2.65 bits per heavy atom. The van der Waals surface area contributed by atoms with E-state index in [1.807, 2.05) is 12.1 Å². The van der Waals surface area contributed by atoms with Crippen LogP contribution < -0.4 is 5.32 Å². The summed E-state index contributed by atoms with van der Waals surface area (Å²) in [5, 5.41) is 11.7. The van der Waals surface area contributed by atoms with Crippen molar-refractivity contribution in [1.82, 2.24) is 5.32 Å². The van der Waals surface area contributed by atoms with Gasteiger partial charge in [0.2, 0.25) is 5.91 Å². The van der Waals surface area contributed by atoms with Crippen LogP contribution in [0.15, 0.2) is 24.3 Å². The van der Waals surface area contributed by atoms with E-state index in [1.165, 1.54) is 11.1 Å². The van der Waals surface area contributed by atoms with E-state index < -0.39 is 11.4 Å². The first kappa shape index (κ1) is 14.6. The van der Waals surface area contributed by atoms with Gasteiger partial charge in [-0.25, -0.2) is 0 Å². The van der Waals surface area contributed by atoms with Gasteiger partial charge in [0, 0.05) is 18.9 Å². The molecule has 0 aromatic heterocycles. The normalized spacial score (nSPS) is 17.0. The van der Waals surface area contributed by atoms with Gasteiger partial charge < -0.3 is 10.4 Å². The second-order valence-electron chi connectivity index (χ2n) is 6.32. The predicted molar refractivity (Wildman–Crippen MR) is 76.5 cm³/mol. The van der Waals surface area contributed by atoms with Gasteiger partial charge in [0.05, 0.1) is 6.42 Å². The molecule has 1 amide bonds. The number of benzene rings is 1. The first-order valence-electron chi connectivity index (χ1n) is 6.94. The van der Waals surface area contributed by atoms with Gasteiger partial charge >= 0.3 is 5.97 Å². The number of carbonyl (C=O) groups is 2. The highest BCUT2D eigenvalue weighted by atomic mass is 16.4. The topological polar surface area (TPSA) is 66.4 Å². The van der Waals surface area contributed by atoms with Crippen molar-refractivity contribution in [2.45, 2.75) is 39.0 Å². The molecule has 0 aliphatic heterocycles. The standard InChI is InChI=1S/C16H21NO3/c1-16(2,9-15(19)20)8-14(18)17-10-12-7-11-5-3-4-6-13(11)12/h3-6,12H,7-10H2,1-2H3,(H,17,18)(H,19,20). The number of carboxylic acids is 1. The van der Waals surface area contributed by atoms with Crippen molar-refractivity contribution in [3.8, 4) is 0 Å². The Hall–Kier alpha value is -1.84. The molecule has 1 aromatic carbocycles. The van der Waals surface area contributed by atoms with Crippen molar-refractivity contribution in [1.29, 1.82) is 0 Å². The van der Waals surface area contributed by atoms with Gasteiger partial charge in [-0.05, 0) is 23.0 Å². The smallest absolute Gasteiger partial charge is 0.303 e. The molecule has 4 heteroatoms. The Morgan fingerprint density at radius 1 is 1.30 bits per heavy atom. The molecule has 0 fully saturated rings. The van der Waals surface area contributed by atoms with Crippen molar-refractivity contribution >= 4 is 11.9 Å². The minimum absolute atomic E-state index is 0.00663. The van der Waals surface area contributed by atoms with Crippen molar-refractivity contribution in [3.63, 3.8) is 0 Å². The molecule has 0 spiro atoms. The van der Waals surface area contributed by atoms with E-state index in [0.717, 1.165) is 6.42 Å². The van der Waals surface area contributed by atoms with Crippen LogP contribution in [0.25, 0.3) is 0 Å². The lowest BCUT2D eigenvalue weighted by Crippen LogP contribution is -2.35. The molecule has 0 radical (unpaired) electrons. The summed E-state index contributed by atoms with van der Waals surface area (Å²) in [7, 11) is 0. The first-order chi connectivity index (χ1) is 9.37. The second-order valence-corrected chi connectivity index (χ2v) is 6.32. The Labute approximate surface area is 119 Å². The molecule has 1 aromatic rings. The summed E-state index contributed by atoms with van der Waals surface area (Å²) in [6.07, 6.45) is 1.26. The van der Waals surface area contributed by atoms with Gasteiger partial charge in [0.25, 0.3) is 0 Å². The molecule has 4 nitrogen and oxygen atoms in total. The zero-order valence-electron chi connectivity index (χ0n) is 12.0. The zero-order valence-corrected chi connectivity index (χ0v) is 12.0. The fraction of sp³-hybridized carbons (Fsp3) is 0.500. The van der Waals surface area contributed by atoms with Gasteiger partial charge in [0.1, 0.15) is 0 Å². The van der Waals surface area contributed by atoms with Crippen molar-refractivity contribution in [2.75, 3.05) is 6.54 Å². The first-order valence-corrected chi connectivity index (χ1v) is 6.94. The van der Waals surface area contributed by atoms with Crippen LogP contribution in [0.5, 0.6) is 0 Å². The molecular formula is C16H21NO3. The summed E-state index contributed by atoms with van der Waals surface area (Å²) in [4.78, 5) is 22.6. The number of rotatable bonds is 6. The third-order valence-corrected chi connectivity index (χ3v) is 3.78. The molecule has 0 saturated heterocycles. The molecule has 20 heavy (non-hydrogen) atoms. The number of hydrogen-bond donors (Lipinski definition) is 2. The van der Waals surface area contributed by atoms with E-state index in [-0.39, 0.29) is 18.7 Å². The summed E-state index contributed by atoms with van der Waals surface area (Å²) in [5.74, 6) is -0.533. The number of nitrogens with one attached hydrogen (secondary N) is 1. The van der Waals surface area contributed by atoms with E-state index >= 15 is 0 Å². The molecule has 1 aliphatic rings. The third-order valence-electron chi connectivity index (χ3n) is 3.78. The van der Waals surface area contributed by atoms with E-state index in [2.05, 4.69) is 17.4 Å². The summed E-state index contributed by atoms with van der Waals surface area (Å²) >= 11 is 0. The van der Waals surface area contributed by atoms with E-state index in [1.54, 1.807) is 13.8 Å². The molecule has 0 bridgehead atoms. The van der Waals surface area contributed by atoms with Crippen LogP contribution in [-0.4, -0.2) is 23.5 Å². The lowest BCUT2D eigenvalue weighted by Gasteiger charge is -2.30. The number of fused-ring (bicyclic) bond motifs is 1. The van der Waals surface area contributed by atoms with Crippen molar-refractivity contribution < 1.29 is 14.7 Å². The van der Waals surface area contributed by atoms with Crippen LogP contribution >= 0.6 is 0 Å². The Balaban J connectivity index is 1.78. The number of carbonyl (C=O) groups excluding carboxylic acids is 1. The second kappa shape index (κ2) is 5.65. The minimum Gasteiger partial charge on any atom is -0.481 e. The van der Waals surface area contributed by atoms with Gasteiger partial charge in [-0.1, -0.05) is 38.1 Å². The van der Waals surface area contributed by atoms with Gasteiger partial charge in [-0.15, -0.1) is 0 Å². The highest BCUT2D eigenvalue weighted by Gasteiger charge is 2.28. The molecule has 2 N–H and O–H groups in total. The van der Waals surface area contributed by atoms with E-state index in [0.29, 0.717) is 12.5 Å². The maximum atomic E-state index is 11.9. The molecule has 0 saturated carbocycles. The predicted octanol–water partition coefficient (Wildman–Crippen LogP) is 2.33. The molecule has 1 atom stereocenters. The molecule has 2 rings (SSSR count). The van der Waals surface area contributed by atoms with Crippen molar-refractivity contribution in [2.24, 2.45) is 5.41 Å². The number of carboxylic acid groups (broad SMARTS) is 1. The maximum Gasteiger partial charge on any atom is 0.303 e. The average molecular weight is 275 g/mol. The monoisotopic (exact) mass is 275 g/mol. The summed E-state index contributed by atoms with van der Waals surface area (Å²) in [5.41, 5.74) is 2.17. The van der Waals surface area contributed by atoms with Gasteiger partial charge in [-0.2, -0.15) is 0 Å². The van der Waals surface area contributed by atoms with Crippen molar-refractivity contribution in [3.05, 3.63) is 35.4 Å².